The minimum absolute atomic E-state index is 0.0438. The normalized spacial score (nSPS) is 13.5. The van der Waals surface area contributed by atoms with Gasteiger partial charge in [0.05, 0.1) is 9.79 Å². The van der Waals surface area contributed by atoms with Gasteiger partial charge >= 0.3 is 5.97 Å². The highest BCUT2D eigenvalue weighted by Gasteiger charge is 2.23. The van der Waals surface area contributed by atoms with Crippen LogP contribution >= 0.6 is 11.6 Å². The number of hydrogen-bond acceptors (Lipinski definition) is 7. The molecule has 0 aliphatic heterocycles. The maximum atomic E-state index is 12.2. The molecule has 0 heterocycles. The molecule has 0 saturated carbocycles. The number of sulfone groups is 1. The molecule has 0 aliphatic rings. The second kappa shape index (κ2) is 11.8. The van der Waals surface area contributed by atoms with Crippen LogP contribution in [0.25, 0.3) is 0 Å². The third kappa shape index (κ3) is 10.5. The third-order valence-corrected chi connectivity index (χ3v) is 6.96. The quantitative estimate of drug-likeness (QED) is 0.458. The molecule has 0 aliphatic carbocycles. The molecule has 33 heavy (non-hydrogen) atoms. The summed E-state index contributed by atoms with van der Waals surface area (Å²) in [6.45, 7) is 7.09. The summed E-state index contributed by atoms with van der Waals surface area (Å²) in [4.78, 5) is 11.6. The van der Waals surface area contributed by atoms with Crippen molar-refractivity contribution in [2.75, 3.05) is 0 Å². The van der Waals surface area contributed by atoms with Gasteiger partial charge in [-0.05, 0) is 52.0 Å². The lowest BCUT2D eigenvalue weighted by molar-refractivity contribution is -0.402. The van der Waals surface area contributed by atoms with Crippen molar-refractivity contribution < 1.29 is 36.7 Å². The molecule has 0 spiro atoms. The lowest BCUT2D eigenvalue weighted by atomic mass is 10.2. The summed E-state index contributed by atoms with van der Waals surface area (Å²) < 4.78 is 60.5. The highest BCUT2D eigenvalue weighted by atomic mass is 35.5. The predicted molar refractivity (Wildman–Crippen MR) is 124 cm³/mol. The van der Waals surface area contributed by atoms with Gasteiger partial charge in [0.2, 0.25) is 9.84 Å². The monoisotopic (exact) mass is 517 g/mol. The van der Waals surface area contributed by atoms with Crippen molar-refractivity contribution >= 4 is 37.5 Å². The largest absolute Gasteiger partial charge is 0.744 e. The smallest absolute Gasteiger partial charge is 0.312 e. The van der Waals surface area contributed by atoms with Gasteiger partial charge in [0.1, 0.15) is 32.5 Å². The zero-order valence-corrected chi connectivity index (χ0v) is 21.2. The van der Waals surface area contributed by atoms with Crippen LogP contribution in [0.5, 0.6) is 0 Å². The van der Waals surface area contributed by atoms with Crippen LogP contribution in [0.1, 0.15) is 32.8 Å². The standard InChI is InChI=1S/C15H20ClNO4S.C7H8O3S/c1-15(2,3)21-14(18)10-11(17)9-13(16)22(19,20)12-7-5-4-6-8-12;1-6-2-4-7(5-3-6)11(8,9)10/h4-9,11H,10,17H2,1-3H3;2-5H,1H3,(H,8,9,10)/b13-9+;/t11-;/m1./s1. The number of rotatable bonds is 6. The Labute approximate surface area is 200 Å². The minimum atomic E-state index is -4.27. The Balaban J connectivity index is 0.000000412. The van der Waals surface area contributed by atoms with Crippen LogP contribution in [0.15, 0.2) is 74.8 Å². The lowest BCUT2D eigenvalue weighted by Crippen LogP contribution is -2.60. The zero-order valence-electron chi connectivity index (χ0n) is 18.8. The highest BCUT2D eigenvalue weighted by Crippen LogP contribution is 2.22. The number of ether oxygens (including phenoxy) is 1. The first kappa shape index (κ1) is 28.8. The number of benzene rings is 2. The van der Waals surface area contributed by atoms with Crippen molar-refractivity contribution in [1.82, 2.24) is 0 Å². The molecule has 0 fully saturated rings. The van der Waals surface area contributed by atoms with Gasteiger partial charge in [0.25, 0.3) is 0 Å². The van der Waals surface area contributed by atoms with Crippen LogP contribution < -0.4 is 5.73 Å². The minimum Gasteiger partial charge on any atom is -0.744 e. The average Bonchev–Trinajstić information content (AvgIpc) is 2.67. The molecule has 8 nitrogen and oxygen atoms in total. The Kier molecular flexibility index (Phi) is 10.3. The molecule has 0 bridgehead atoms. The summed E-state index contributed by atoms with van der Waals surface area (Å²) in [5.41, 5.74) is 4.06. The van der Waals surface area contributed by atoms with E-state index in [1.807, 2.05) is 6.92 Å². The molecule has 2 aromatic carbocycles. The number of esters is 1. The molecule has 3 N–H and O–H groups in total. The lowest BCUT2D eigenvalue weighted by Gasteiger charge is -2.19. The fourth-order valence-electron chi connectivity index (χ4n) is 2.35. The van der Waals surface area contributed by atoms with Crippen molar-refractivity contribution in [2.24, 2.45) is 0 Å². The summed E-state index contributed by atoms with van der Waals surface area (Å²) >= 11 is 5.90. The second-order valence-corrected chi connectivity index (χ2v) is 12.0. The molecular weight excluding hydrogens is 490 g/mol. The van der Waals surface area contributed by atoms with Crippen LogP contribution in [0.2, 0.25) is 0 Å². The average molecular weight is 518 g/mol. The first-order valence-electron chi connectivity index (χ1n) is 9.77. The van der Waals surface area contributed by atoms with Gasteiger partial charge in [0.15, 0.2) is 0 Å². The summed E-state index contributed by atoms with van der Waals surface area (Å²) in [7, 11) is -8.04. The van der Waals surface area contributed by atoms with Crippen molar-refractivity contribution in [3.8, 4) is 0 Å². The predicted octanol–water partition coefficient (Wildman–Crippen LogP) is 2.78. The van der Waals surface area contributed by atoms with E-state index in [9.17, 15) is 26.2 Å². The first-order valence-corrected chi connectivity index (χ1v) is 13.0. The molecule has 0 unspecified atom stereocenters. The van der Waals surface area contributed by atoms with Crippen LogP contribution in [0.3, 0.4) is 0 Å². The summed E-state index contributed by atoms with van der Waals surface area (Å²) in [6, 6.07) is 13.0. The Morgan fingerprint density at radius 2 is 1.55 bits per heavy atom. The highest BCUT2D eigenvalue weighted by molar-refractivity contribution is 7.96. The number of aryl methyl sites for hydroxylation is 1. The molecule has 2 aromatic rings. The molecule has 182 valence electrons. The molecule has 1 atom stereocenters. The van der Waals surface area contributed by atoms with Gasteiger partial charge in [-0.1, -0.05) is 47.5 Å². The Morgan fingerprint density at radius 3 is 2.00 bits per heavy atom. The maximum absolute atomic E-state index is 12.2. The van der Waals surface area contributed by atoms with Crippen LogP contribution in [0, 0.1) is 6.92 Å². The number of halogens is 1. The van der Waals surface area contributed by atoms with Gasteiger partial charge in [0, 0.05) is 6.08 Å². The molecule has 2 rings (SSSR count). The fourth-order valence-corrected chi connectivity index (χ4v) is 4.38. The van der Waals surface area contributed by atoms with E-state index in [0.29, 0.717) is 0 Å². The fraction of sp³-hybridized carbons (Fsp3) is 0.318. The van der Waals surface area contributed by atoms with E-state index in [1.165, 1.54) is 30.3 Å². The maximum Gasteiger partial charge on any atom is 0.312 e. The van der Waals surface area contributed by atoms with Gasteiger partial charge in [-0.25, -0.2) is 16.8 Å². The summed E-state index contributed by atoms with van der Waals surface area (Å²) in [5.74, 6) is -0.453. The molecule has 0 aromatic heterocycles. The number of carbonyl (C=O) groups excluding carboxylic acids is 1. The van der Waals surface area contributed by atoms with Crippen LogP contribution in [0.4, 0.5) is 0 Å². The topological polar surface area (TPSA) is 145 Å². The van der Waals surface area contributed by atoms with E-state index in [1.54, 1.807) is 51.1 Å². The summed E-state index contributed by atoms with van der Waals surface area (Å²) in [6.07, 6.45) is 1.21. The second-order valence-electron chi connectivity index (χ2n) is 8.11. The summed E-state index contributed by atoms with van der Waals surface area (Å²) in [5, 5.41) is 0. The van der Waals surface area contributed by atoms with Crippen molar-refractivity contribution in [2.45, 2.75) is 55.5 Å². The van der Waals surface area contributed by atoms with Gasteiger partial charge in [-0.15, -0.1) is 0 Å². The Bertz CT molecular complexity index is 1170. The Hall–Kier alpha value is -2.24. The molecule has 0 saturated heterocycles. The number of quaternary nitrogens is 1. The Morgan fingerprint density at radius 1 is 1.03 bits per heavy atom. The van der Waals surface area contributed by atoms with E-state index < -0.39 is 37.6 Å². The van der Waals surface area contributed by atoms with E-state index in [2.05, 4.69) is 5.73 Å². The molecule has 0 radical (unpaired) electrons. The number of hydrogen-bond donors (Lipinski definition) is 1. The number of carbonyl (C=O) groups is 1. The zero-order chi connectivity index (χ0) is 25.4. The van der Waals surface area contributed by atoms with E-state index in [-0.39, 0.29) is 20.6 Å². The first-order chi connectivity index (χ1) is 15.0. The van der Waals surface area contributed by atoms with E-state index in [0.717, 1.165) is 5.56 Å². The van der Waals surface area contributed by atoms with Gasteiger partial charge in [-0.3, -0.25) is 4.79 Å². The van der Waals surface area contributed by atoms with E-state index >= 15 is 0 Å². The molecule has 11 heteroatoms. The SMILES string of the molecule is CC(C)(C)OC(=O)C[C@H]([NH3+])/C=C(\Cl)S(=O)(=O)c1ccccc1.Cc1ccc(S(=O)(=O)[O-])cc1. The van der Waals surface area contributed by atoms with Crippen molar-refractivity contribution in [1.29, 1.82) is 0 Å². The molecule has 0 amide bonds. The van der Waals surface area contributed by atoms with Crippen molar-refractivity contribution in [3.63, 3.8) is 0 Å². The van der Waals surface area contributed by atoms with Crippen LogP contribution in [-0.4, -0.2) is 39.0 Å². The molecular formula is C22H28ClNO7S2. The van der Waals surface area contributed by atoms with Crippen molar-refractivity contribution in [3.05, 3.63) is 70.6 Å². The van der Waals surface area contributed by atoms with E-state index in [4.69, 9.17) is 16.3 Å². The van der Waals surface area contributed by atoms with Gasteiger partial charge in [-0.2, -0.15) is 0 Å². The third-order valence-electron chi connectivity index (χ3n) is 3.84. The van der Waals surface area contributed by atoms with Gasteiger partial charge < -0.3 is 15.0 Å². The van der Waals surface area contributed by atoms with Crippen LogP contribution in [-0.2, 0) is 29.5 Å².